The molecule has 0 saturated carbocycles. The summed E-state index contributed by atoms with van der Waals surface area (Å²) in [5, 5.41) is 0. The predicted octanol–water partition coefficient (Wildman–Crippen LogP) is 2.25. The van der Waals surface area contributed by atoms with Crippen molar-refractivity contribution in [2.45, 2.75) is 6.36 Å². The smallest absolute Gasteiger partial charge is 0.406 e. The summed E-state index contributed by atoms with van der Waals surface area (Å²) < 4.78 is 39.6. The van der Waals surface area contributed by atoms with Crippen LogP contribution in [0.4, 0.5) is 18.9 Å². The highest BCUT2D eigenvalue weighted by atomic mass is 79.9. The zero-order valence-electron chi connectivity index (χ0n) is 7.75. The van der Waals surface area contributed by atoms with Gasteiger partial charge < -0.3 is 16.2 Å². The summed E-state index contributed by atoms with van der Waals surface area (Å²) in [6.45, 7) is 0. The first-order valence-electron chi connectivity index (χ1n) is 3.93. The lowest BCUT2D eigenvalue weighted by atomic mass is 10.3. The van der Waals surface area contributed by atoms with E-state index in [2.05, 4.69) is 25.7 Å². The Kier molecular flexibility index (Phi) is 3.63. The van der Waals surface area contributed by atoms with Crippen LogP contribution in [0.5, 0.6) is 5.75 Å². The lowest BCUT2D eigenvalue weighted by molar-refractivity contribution is -0.274. The molecule has 0 radical (unpaired) electrons. The van der Waals surface area contributed by atoms with Gasteiger partial charge in [0.15, 0.2) is 5.96 Å². The average molecular weight is 298 g/mol. The van der Waals surface area contributed by atoms with Crippen LogP contribution in [0.1, 0.15) is 0 Å². The molecule has 16 heavy (non-hydrogen) atoms. The summed E-state index contributed by atoms with van der Waals surface area (Å²) in [5.74, 6) is -0.542. The number of hydrogen-bond donors (Lipinski definition) is 2. The van der Waals surface area contributed by atoms with E-state index in [-0.39, 0.29) is 11.7 Å². The van der Waals surface area contributed by atoms with Gasteiger partial charge in [0.2, 0.25) is 0 Å². The number of guanidine groups is 1. The van der Waals surface area contributed by atoms with Crippen molar-refractivity contribution in [3.63, 3.8) is 0 Å². The number of rotatable bonds is 2. The van der Waals surface area contributed by atoms with Crippen LogP contribution in [0.2, 0.25) is 0 Å². The fourth-order valence-electron chi connectivity index (χ4n) is 0.915. The summed E-state index contributed by atoms with van der Waals surface area (Å²) in [6.07, 6.45) is -4.73. The first-order chi connectivity index (χ1) is 7.28. The van der Waals surface area contributed by atoms with Crippen LogP contribution in [0.15, 0.2) is 27.7 Å². The van der Waals surface area contributed by atoms with Gasteiger partial charge in [-0.3, -0.25) is 0 Å². The number of nitrogens with two attached hydrogens (primary N) is 2. The fraction of sp³-hybridized carbons (Fsp3) is 0.125. The van der Waals surface area contributed by atoms with Crippen molar-refractivity contribution in [1.82, 2.24) is 0 Å². The molecule has 88 valence electrons. The van der Waals surface area contributed by atoms with Crippen molar-refractivity contribution >= 4 is 27.6 Å². The molecule has 0 fully saturated rings. The molecule has 0 bridgehead atoms. The Hall–Kier alpha value is -1.44. The van der Waals surface area contributed by atoms with Crippen molar-refractivity contribution < 1.29 is 17.9 Å². The number of halogens is 4. The zero-order valence-corrected chi connectivity index (χ0v) is 9.34. The summed E-state index contributed by atoms with van der Waals surface area (Å²) in [4.78, 5) is 3.69. The van der Waals surface area contributed by atoms with E-state index in [1.807, 2.05) is 0 Å². The lowest BCUT2D eigenvalue weighted by Gasteiger charge is -2.09. The molecular weight excluding hydrogens is 291 g/mol. The molecule has 0 heterocycles. The highest BCUT2D eigenvalue weighted by Gasteiger charge is 2.31. The number of hydrogen-bond acceptors (Lipinski definition) is 2. The monoisotopic (exact) mass is 297 g/mol. The van der Waals surface area contributed by atoms with E-state index in [0.717, 1.165) is 12.1 Å². The normalized spacial score (nSPS) is 11.0. The number of nitrogens with zero attached hydrogens (tertiary/aromatic N) is 1. The van der Waals surface area contributed by atoms with E-state index in [9.17, 15) is 13.2 Å². The SMILES string of the molecule is NC(N)=Nc1ccc(OC(F)(F)F)cc1Br. The second-order valence-electron chi connectivity index (χ2n) is 2.70. The van der Waals surface area contributed by atoms with Crippen LogP contribution in [0.25, 0.3) is 0 Å². The molecule has 0 saturated heterocycles. The second kappa shape index (κ2) is 4.60. The molecule has 1 aromatic carbocycles. The standard InChI is InChI=1S/C8H7BrF3N3O/c9-5-3-4(16-8(10,11)12)1-2-6(5)15-7(13)14/h1-3H,(H4,13,14,15). The van der Waals surface area contributed by atoms with Crippen LogP contribution < -0.4 is 16.2 Å². The Morgan fingerprint density at radius 2 is 1.94 bits per heavy atom. The third-order valence-corrected chi connectivity index (χ3v) is 2.04. The number of benzene rings is 1. The first-order valence-corrected chi connectivity index (χ1v) is 4.72. The van der Waals surface area contributed by atoms with Gasteiger partial charge in [-0.1, -0.05) is 0 Å². The third-order valence-electron chi connectivity index (χ3n) is 1.40. The molecule has 1 aromatic rings. The van der Waals surface area contributed by atoms with E-state index in [1.54, 1.807) is 0 Å². The molecule has 0 aliphatic heterocycles. The summed E-state index contributed by atoms with van der Waals surface area (Å²) >= 11 is 3.02. The molecule has 0 unspecified atom stereocenters. The maximum atomic E-state index is 11.9. The largest absolute Gasteiger partial charge is 0.573 e. The van der Waals surface area contributed by atoms with Crippen LogP contribution >= 0.6 is 15.9 Å². The molecule has 8 heteroatoms. The number of ether oxygens (including phenoxy) is 1. The van der Waals surface area contributed by atoms with Gasteiger partial charge in [0.25, 0.3) is 0 Å². The second-order valence-corrected chi connectivity index (χ2v) is 3.55. The molecule has 1 rings (SSSR count). The van der Waals surface area contributed by atoms with Gasteiger partial charge in [-0.15, -0.1) is 13.2 Å². The Balaban J connectivity index is 2.96. The summed E-state index contributed by atoms with van der Waals surface area (Å²) in [7, 11) is 0. The van der Waals surface area contributed by atoms with Crippen LogP contribution in [-0.2, 0) is 0 Å². The van der Waals surface area contributed by atoms with Crippen molar-refractivity contribution in [3.8, 4) is 5.75 Å². The van der Waals surface area contributed by atoms with E-state index < -0.39 is 6.36 Å². The maximum Gasteiger partial charge on any atom is 0.573 e. The Morgan fingerprint density at radius 1 is 1.31 bits per heavy atom. The Bertz CT molecular complexity index is 415. The highest BCUT2D eigenvalue weighted by molar-refractivity contribution is 9.10. The molecule has 0 atom stereocenters. The van der Waals surface area contributed by atoms with E-state index in [0.29, 0.717) is 10.2 Å². The van der Waals surface area contributed by atoms with E-state index >= 15 is 0 Å². The maximum absolute atomic E-state index is 11.9. The average Bonchev–Trinajstić information content (AvgIpc) is 2.06. The van der Waals surface area contributed by atoms with Gasteiger partial charge in [-0.2, -0.15) is 0 Å². The van der Waals surface area contributed by atoms with Gasteiger partial charge in [0.1, 0.15) is 5.75 Å². The Morgan fingerprint density at radius 3 is 2.38 bits per heavy atom. The van der Waals surface area contributed by atoms with E-state index in [4.69, 9.17) is 11.5 Å². The van der Waals surface area contributed by atoms with Crippen LogP contribution in [-0.4, -0.2) is 12.3 Å². The lowest BCUT2D eigenvalue weighted by Crippen LogP contribution is -2.22. The molecule has 0 aliphatic carbocycles. The molecular formula is C8H7BrF3N3O. The predicted molar refractivity (Wildman–Crippen MR) is 56.3 cm³/mol. The summed E-state index contributed by atoms with van der Waals surface area (Å²) in [6, 6.07) is 3.53. The molecule has 0 aliphatic rings. The van der Waals surface area contributed by atoms with Gasteiger partial charge in [0.05, 0.1) is 5.69 Å². The number of aliphatic imine (C=N–C) groups is 1. The van der Waals surface area contributed by atoms with Crippen molar-refractivity contribution in [2.24, 2.45) is 16.5 Å². The molecule has 4 nitrogen and oxygen atoms in total. The molecule has 0 spiro atoms. The van der Waals surface area contributed by atoms with Crippen LogP contribution in [0, 0.1) is 0 Å². The molecule has 0 aromatic heterocycles. The van der Waals surface area contributed by atoms with Gasteiger partial charge in [0, 0.05) is 4.47 Å². The molecule has 4 N–H and O–H groups in total. The summed E-state index contributed by atoms with van der Waals surface area (Å²) in [5.41, 5.74) is 10.6. The minimum atomic E-state index is -4.73. The Labute approximate surface area is 97.2 Å². The van der Waals surface area contributed by atoms with Gasteiger partial charge in [-0.05, 0) is 34.1 Å². The van der Waals surface area contributed by atoms with Crippen molar-refractivity contribution in [1.29, 1.82) is 0 Å². The first kappa shape index (κ1) is 12.6. The van der Waals surface area contributed by atoms with Crippen LogP contribution in [0.3, 0.4) is 0 Å². The number of alkyl halides is 3. The molecule has 0 amide bonds. The zero-order chi connectivity index (χ0) is 12.3. The highest BCUT2D eigenvalue weighted by Crippen LogP contribution is 2.31. The van der Waals surface area contributed by atoms with E-state index in [1.165, 1.54) is 6.07 Å². The fourth-order valence-corrected chi connectivity index (χ4v) is 1.36. The van der Waals surface area contributed by atoms with Crippen molar-refractivity contribution in [2.75, 3.05) is 0 Å². The quantitative estimate of drug-likeness (QED) is 0.649. The third kappa shape index (κ3) is 3.97. The van der Waals surface area contributed by atoms with Crippen molar-refractivity contribution in [3.05, 3.63) is 22.7 Å². The minimum absolute atomic E-state index is 0.190. The topological polar surface area (TPSA) is 73.6 Å². The van der Waals surface area contributed by atoms with Gasteiger partial charge in [-0.25, -0.2) is 4.99 Å². The van der Waals surface area contributed by atoms with Gasteiger partial charge >= 0.3 is 6.36 Å². The minimum Gasteiger partial charge on any atom is -0.406 e.